The van der Waals surface area contributed by atoms with Crippen molar-refractivity contribution in [1.29, 1.82) is 0 Å². The van der Waals surface area contributed by atoms with Crippen molar-refractivity contribution in [2.45, 2.75) is 0 Å². The van der Waals surface area contributed by atoms with Crippen LogP contribution in [0, 0.1) is 0 Å². The summed E-state index contributed by atoms with van der Waals surface area (Å²) in [5.74, 6) is 0. The van der Waals surface area contributed by atoms with Gasteiger partial charge in [-0.3, -0.25) is 0 Å². The largest absolute Gasteiger partial charge is 0.373 e. The van der Waals surface area contributed by atoms with Gasteiger partial charge in [0.05, 0.1) is 13.2 Å². The monoisotopic (exact) mass is 250 g/mol. The molecule has 0 N–H and O–H groups in total. The van der Waals surface area contributed by atoms with E-state index < -0.39 is 0 Å². The molecule has 1 nitrogen and oxygen atoms in total. The highest BCUT2D eigenvalue weighted by atomic mass is 16.5. The van der Waals surface area contributed by atoms with Gasteiger partial charge in [-0.1, -0.05) is 67.3 Å². The predicted molar refractivity (Wildman–Crippen MR) is 81.9 cm³/mol. The molecule has 19 heavy (non-hydrogen) atoms. The molecule has 2 aromatic carbocycles. The Bertz CT molecular complexity index is 555. The molecule has 2 rings (SSSR count). The van der Waals surface area contributed by atoms with Crippen LogP contribution < -0.4 is 0 Å². The van der Waals surface area contributed by atoms with Crippen LogP contribution in [0.5, 0.6) is 0 Å². The number of hydrogen-bond acceptors (Lipinski definition) is 1. The molecule has 0 heterocycles. The standard InChI is InChI=1S/C18H18O/c1-3-13-19-14-15(2)17-11-7-8-12-18(17)16-9-5-4-6-10-16/h3-12H,1-2,13-14H2. The molecular formula is C18H18O. The molecule has 0 unspecified atom stereocenters. The first-order chi connectivity index (χ1) is 9.33. The first-order valence-electron chi connectivity index (χ1n) is 6.34. The highest BCUT2D eigenvalue weighted by Crippen LogP contribution is 2.28. The average molecular weight is 250 g/mol. The van der Waals surface area contributed by atoms with Crippen LogP contribution >= 0.6 is 0 Å². The minimum atomic E-state index is 0.524. The Hall–Kier alpha value is -2.12. The molecule has 2 aromatic rings. The van der Waals surface area contributed by atoms with E-state index in [1.54, 1.807) is 6.08 Å². The number of benzene rings is 2. The van der Waals surface area contributed by atoms with E-state index in [1.807, 2.05) is 30.3 Å². The second-order valence-electron chi connectivity index (χ2n) is 4.32. The molecule has 0 spiro atoms. The van der Waals surface area contributed by atoms with Crippen LogP contribution in [0.25, 0.3) is 16.7 Å². The summed E-state index contributed by atoms with van der Waals surface area (Å²) >= 11 is 0. The van der Waals surface area contributed by atoms with Crippen molar-refractivity contribution in [3.8, 4) is 11.1 Å². The maximum Gasteiger partial charge on any atom is 0.0721 e. The van der Waals surface area contributed by atoms with Crippen molar-refractivity contribution >= 4 is 5.57 Å². The lowest BCUT2D eigenvalue weighted by Gasteiger charge is -2.12. The van der Waals surface area contributed by atoms with Gasteiger partial charge in [0.1, 0.15) is 0 Å². The van der Waals surface area contributed by atoms with Gasteiger partial charge in [-0.2, -0.15) is 0 Å². The summed E-state index contributed by atoms with van der Waals surface area (Å²) in [5.41, 5.74) is 4.51. The van der Waals surface area contributed by atoms with E-state index in [9.17, 15) is 0 Å². The number of rotatable bonds is 6. The zero-order valence-corrected chi connectivity index (χ0v) is 11.0. The molecule has 0 saturated carbocycles. The molecule has 0 amide bonds. The van der Waals surface area contributed by atoms with Crippen LogP contribution in [0.15, 0.2) is 73.8 Å². The van der Waals surface area contributed by atoms with E-state index >= 15 is 0 Å². The third kappa shape index (κ3) is 3.43. The SMILES string of the molecule is C=CCOCC(=C)c1ccccc1-c1ccccc1. The molecule has 1 heteroatoms. The molecule has 0 atom stereocenters. The van der Waals surface area contributed by atoms with E-state index in [1.165, 1.54) is 11.1 Å². The topological polar surface area (TPSA) is 9.23 Å². The fraction of sp³-hybridized carbons (Fsp3) is 0.111. The molecule has 0 aliphatic carbocycles. The Morgan fingerprint density at radius 1 is 1.00 bits per heavy atom. The lowest BCUT2D eigenvalue weighted by atomic mass is 9.96. The van der Waals surface area contributed by atoms with Gasteiger partial charge in [-0.05, 0) is 22.3 Å². The summed E-state index contributed by atoms with van der Waals surface area (Å²) in [6, 6.07) is 18.6. The Labute approximate surface area is 114 Å². The van der Waals surface area contributed by atoms with Crippen LogP contribution in [0.2, 0.25) is 0 Å². The van der Waals surface area contributed by atoms with Crippen molar-refractivity contribution in [3.63, 3.8) is 0 Å². The lowest BCUT2D eigenvalue weighted by molar-refractivity contribution is 0.199. The van der Waals surface area contributed by atoms with Crippen molar-refractivity contribution in [1.82, 2.24) is 0 Å². The van der Waals surface area contributed by atoms with Gasteiger partial charge >= 0.3 is 0 Å². The lowest BCUT2D eigenvalue weighted by Crippen LogP contribution is -1.98. The van der Waals surface area contributed by atoms with Gasteiger partial charge in [-0.25, -0.2) is 0 Å². The molecule has 0 bridgehead atoms. The highest BCUT2D eigenvalue weighted by Gasteiger charge is 2.07. The normalized spacial score (nSPS) is 10.1. The van der Waals surface area contributed by atoms with Gasteiger partial charge in [0.15, 0.2) is 0 Å². The molecule has 0 aliphatic rings. The first-order valence-corrected chi connectivity index (χ1v) is 6.34. The van der Waals surface area contributed by atoms with E-state index in [0.29, 0.717) is 13.2 Å². The average Bonchev–Trinajstić information content (AvgIpc) is 2.48. The number of ether oxygens (including phenoxy) is 1. The van der Waals surface area contributed by atoms with Crippen LogP contribution in [-0.4, -0.2) is 13.2 Å². The van der Waals surface area contributed by atoms with Crippen molar-refractivity contribution in [2.24, 2.45) is 0 Å². The smallest absolute Gasteiger partial charge is 0.0721 e. The summed E-state index contributed by atoms with van der Waals surface area (Å²) in [6.07, 6.45) is 1.75. The summed E-state index contributed by atoms with van der Waals surface area (Å²) in [7, 11) is 0. The second kappa shape index (κ2) is 6.72. The van der Waals surface area contributed by atoms with Crippen molar-refractivity contribution in [3.05, 3.63) is 79.4 Å². The molecular weight excluding hydrogens is 232 g/mol. The van der Waals surface area contributed by atoms with Gasteiger partial charge in [-0.15, -0.1) is 6.58 Å². The third-order valence-electron chi connectivity index (χ3n) is 2.90. The van der Waals surface area contributed by atoms with Crippen LogP contribution in [0.4, 0.5) is 0 Å². The minimum absolute atomic E-state index is 0.524. The molecule has 0 aromatic heterocycles. The van der Waals surface area contributed by atoms with E-state index in [2.05, 4.69) is 37.4 Å². The molecule has 96 valence electrons. The highest BCUT2D eigenvalue weighted by molar-refractivity contribution is 5.80. The maximum absolute atomic E-state index is 5.47. The summed E-state index contributed by atoms with van der Waals surface area (Å²) in [6.45, 7) is 8.84. The molecule has 0 radical (unpaired) electrons. The Balaban J connectivity index is 2.26. The Kier molecular flexibility index (Phi) is 4.71. The number of hydrogen-bond donors (Lipinski definition) is 0. The zero-order chi connectivity index (χ0) is 13.5. The first kappa shape index (κ1) is 13.3. The summed E-state index contributed by atoms with van der Waals surface area (Å²) < 4.78 is 5.47. The Morgan fingerprint density at radius 2 is 1.68 bits per heavy atom. The zero-order valence-electron chi connectivity index (χ0n) is 11.0. The molecule has 0 saturated heterocycles. The Morgan fingerprint density at radius 3 is 2.42 bits per heavy atom. The predicted octanol–water partition coefficient (Wildman–Crippen LogP) is 4.57. The second-order valence-corrected chi connectivity index (χ2v) is 4.32. The molecule has 0 fully saturated rings. The van der Waals surface area contributed by atoms with Crippen LogP contribution in [0.3, 0.4) is 0 Å². The van der Waals surface area contributed by atoms with Gasteiger partial charge < -0.3 is 4.74 Å². The van der Waals surface area contributed by atoms with Gasteiger partial charge in [0, 0.05) is 0 Å². The van der Waals surface area contributed by atoms with Gasteiger partial charge in [0.2, 0.25) is 0 Å². The quantitative estimate of drug-likeness (QED) is 0.539. The van der Waals surface area contributed by atoms with E-state index in [-0.39, 0.29) is 0 Å². The fourth-order valence-electron chi connectivity index (χ4n) is 2.00. The fourth-order valence-corrected chi connectivity index (χ4v) is 2.00. The van der Waals surface area contributed by atoms with Crippen molar-refractivity contribution in [2.75, 3.05) is 13.2 Å². The van der Waals surface area contributed by atoms with E-state index in [0.717, 1.165) is 11.1 Å². The van der Waals surface area contributed by atoms with Crippen LogP contribution in [0.1, 0.15) is 5.56 Å². The third-order valence-corrected chi connectivity index (χ3v) is 2.90. The van der Waals surface area contributed by atoms with Gasteiger partial charge in [0.25, 0.3) is 0 Å². The van der Waals surface area contributed by atoms with E-state index in [4.69, 9.17) is 4.74 Å². The minimum Gasteiger partial charge on any atom is -0.373 e. The van der Waals surface area contributed by atoms with Crippen LogP contribution in [-0.2, 0) is 4.74 Å². The van der Waals surface area contributed by atoms with Crippen molar-refractivity contribution < 1.29 is 4.74 Å². The molecule has 0 aliphatic heterocycles. The summed E-state index contributed by atoms with van der Waals surface area (Å²) in [4.78, 5) is 0. The summed E-state index contributed by atoms with van der Waals surface area (Å²) in [5, 5.41) is 0. The maximum atomic E-state index is 5.47.